The van der Waals surface area contributed by atoms with E-state index in [1.807, 2.05) is 31.2 Å². The predicted octanol–water partition coefficient (Wildman–Crippen LogP) is 4.39. The minimum Gasteiger partial charge on any atom is -0.416 e. The van der Waals surface area contributed by atoms with E-state index in [0.717, 1.165) is 54.7 Å². The van der Waals surface area contributed by atoms with Crippen LogP contribution in [0.1, 0.15) is 38.8 Å². The summed E-state index contributed by atoms with van der Waals surface area (Å²) in [4.78, 5) is 17.4. The van der Waals surface area contributed by atoms with Crippen LogP contribution in [0.2, 0.25) is 5.15 Å². The molecule has 1 saturated heterocycles. The second-order valence-corrected chi connectivity index (χ2v) is 8.06. The molecule has 2 radical (unpaired) electrons. The van der Waals surface area contributed by atoms with Gasteiger partial charge >= 0.3 is 0 Å². The number of carbonyl (C=O) groups is 1. The first kappa shape index (κ1) is 23.0. The lowest BCUT2D eigenvalue weighted by Crippen LogP contribution is -2.34. The molecule has 0 aliphatic carbocycles. The van der Waals surface area contributed by atoms with Crippen molar-refractivity contribution in [1.82, 2.24) is 15.2 Å². The van der Waals surface area contributed by atoms with Gasteiger partial charge in [-0.05, 0) is 44.0 Å². The molecule has 0 unspecified atom stereocenters. The largest absolute Gasteiger partial charge is 0.416 e. The van der Waals surface area contributed by atoms with Gasteiger partial charge in [-0.15, -0.1) is 10.2 Å². The Morgan fingerprint density at radius 3 is 2.48 bits per heavy atom. The highest BCUT2D eigenvalue weighted by Gasteiger charge is 2.23. The van der Waals surface area contributed by atoms with Gasteiger partial charge in [-0.25, -0.2) is 4.98 Å². The third-order valence-electron chi connectivity index (χ3n) is 4.92. The van der Waals surface area contributed by atoms with E-state index in [0.29, 0.717) is 22.4 Å². The number of halogens is 1. The number of anilines is 1. The minimum absolute atomic E-state index is 0.121. The number of pyridine rings is 1. The Balaban J connectivity index is 0.000000858. The lowest BCUT2D eigenvalue weighted by molar-refractivity contribution is -0.111. The van der Waals surface area contributed by atoms with Crippen molar-refractivity contribution in [1.29, 1.82) is 0 Å². The smallest absolute Gasteiger partial charge is 0.250 e. The molecule has 0 atom stereocenters. The van der Waals surface area contributed by atoms with Crippen molar-refractivity contribution in [2.75, 3.05) is 18.0 Å². The number of rotatable bonds is 4. The average molecular weight is 437 g/mol. The van der Waals surface area contributed by atoms with Gasteiger partial charge in [0.2, 0.25) is 11.8 Å². The Morgan fingerprint density at radius 1 is 1.16 bits per heavy atom. The number of hydrogen-bond acceptors (Lipinski definition) is 6. The van der Waals surface area contributed by atoms with Crippen molar-refractivity contribution in [3.63, 3.8) is 0 Å². The highest BCUT2D eigenvalue weighted by molar-refractivity contribution is 6.32. The van der Waals surface area contributed by atoms with Crippen LogP contribution in [0.15, 0.2) is 34.7 Å². The number of benzene rings is 1. The molecule has 4 rings (SSSR count). The molecule has 1 fully saturated rings. The number of piperidine rings is 1. The molecule has 1 aromatic carbocycles. The van der Waals surface area contributed by atoms with E-state index in [9.17, 15) is 4.79 Å². The van der Waals surface area contributed by atoms with Gasteiger partial charge in [0.05, 0.1) is 5.56 Å². The minimum atomic E-state index is 0.121. The van der Waals surface area contributed by atoms with Crippen molar-refractivity contribution in [2.45, 2.75) is 40.0 Å². The molecule has 8 heteroatoms. The van der Waals surface area contributed by atoms with E-state index < -0.39 is 0 Å². The van der Waals surface area contributed by atoms with Gasteiger partial charge in [-0.3, -0.25) is 0 Å². The molecule has 160 valence electrons. The molecule has 3 aromatic rings. The highest BCUT2D eigenvalue weighted by Crippen LogP contribution is 2.33. The van der Waals surface area contributed by atoms with Crippen LogP contribution in [0.4, 0.5) is 5.69 Å². The molecule has 2 aromatic heterocycles. The summed E-state index contributed by atoms with van der Waals surface area (Å²) in [6, 6.07) is 9.15. The Morgan fingerprint density at radius 2 is 1.84 bits per heavy atom. The van der Waals surface area contributed by atoms with Crippen molar-refractivity contribution < 1.29 is 9.21 Å². The number of hydrogen-bond donors (Lipinski definition) is 0. The fraction of sp³-hybridized carbons (Fsp3) is 0.391. The van der Waals surface area contributed by atoms with Crippen molar-refractivity contribution in [2.24, 2.45) is 5.92 Å². The van der Waals surface area contributed by atoms with Crippen LogP contribution in [0.5, 0.6) is 0 Å². The molecule has 3 heterocycles. The highest BCUT2D eigenvalue weighted by atomic mass is 35.5. The van der Waals surface area contributed by atoms with Crippen LogP contribution in [0, 0.1) is 12.8 Å². The number of aromatic nitrogens is 3. The predicted molar refractivity (Wildman–Crippen MR) is 125 cm³/mol. The fourth-order valence-corrected chi connectivity index (χ4v) is 3.72. The first-order valence-corrected chi connectivity index (χ1v) is 10.9. The Hall–Kier alpha value is -2.67. The summed E-state index contributed by atoms with van der Waals surface area (Å²) < 4.78 is 5.95. The second-order valence-electron chi connectivity index (χ2n) is 7.68. The number of aryl methyl sites for hydroxylation is 1. The van der Waals surface area contributed by atoms with Crippen LogP contribution < -0.4 is 10.4 Å². The van der Waals surface area contributed by atoms with Crippen LogP contribution in [0.25, 0.3) is 22.9 Å². The van der Waals surface area contributed by atoms with E-state index in [1.165, 1.54) is 6.42 Å². The van der Waals surface area contributed by atoms with Gasteiger partial charge in [-0.2, -0.15) is 0 Å². The molecule has 6 nitrogen and oxygen atoms in total. The van der Waals surface area contributed by atoms with Gasteiger partial charge in [-0.1, -0.05) is 43.4 Å². The molecule has 0 amide bonds. The fourth-order valence-electron chi connectivity index (χ4n) is 3.47. The summed E-state index contributed by atoms with van der Waals surface area (Å²) in [5.41, 5.74) is 3.90. The van der Waals surface area contributed by atoms with Crippen LogP contribution in [0.3, 0.4) is 0 Å². The molecule has 0 bridgehead atoms. The van der Waals surface area contributed by atoms with E-state index >= 15 is 0 Å². The SMILES string of the molecule is CCC.[B]c1ccc(-c2nnc(-c3cc(C)nc(Cl)c3)o2)c(N2CCC(C=O)CC2)c1. The zero-order chi connectivity index (χ0) is 22.4. The monoisotopic (exact) mass is 436 g/mol. The van der Waals surface area contributed by atoms with Gasteiger partial charge in [0.15, 0.2) is 0 Å². The molecular formula is C23H26BClN4O2. The summed E-state index contributed by atoms with van der Waals surface area (Å²) in [7, 11) is 6.02. The Bertz CT molecular complexity index is 1010. The zero-order valence-electron chi connectivity index (χ0n) is 18.1. The quantitative estimate of drug-likeness (QED) is 0.343. The number of aldehydes is 1. The van der Waals surface area contributed by atoms with E-state index in [1.54, 1.807) is 6.07 Å². The number of nitrogens with zero attached hydrogens (tertiary/aromatic N) is 4. The van der Waals surface area contributed by atoms with Crippen molar-refractivity contribution >= 4 is 36.9 Å². The van der Waals surface area contributed by atoms with Crippen LogP contribution in [-0.4, -0.2) is 42.4 Å². The average Bonchev–Trinajstić information content (AvgIpc) is 3.24. The summed E-state index contributed by atoms with van der Waals surface area (Å²) in [5, 5.41) is 8.79. The van der Waals surface area contributed by atoms with E-state index in [-0.39, 0.29) is 5.92 Å². The summed E-state index contributed by atoms with van der Waals surface area (Å²) >= 11 is 6.05. The number of carbonyl (C=O) groups excluding carboxylic acids is 1. The zero-order valence-corrected chi connectivity index (χ0v) is 18.9. The van der Waals surface area contributed by atoms with Gasteiger partial charge in [0.25, 0.3) is 0 Å². The van der Waals surface area contributed by atoms with Gasteiger partial charge < -0.3 is 14.1 Å². The lowest BCUT2D eigenvalue weighted by Gasteiger charge is -2.32. The topological polar surface area (TPSA) is 72.1 Å². The molecule has 1 aliphatic rings. The van der Waals surface area contributed by atoms with Crippen LogP contribution >= 0.6 is 11.6 Å². The molecule has 0 N–H and O–H groups in total. The third-order valence-corrected chi connectivity index (χ3v) is 5.11. The van der Waals surface area contributed by atoms with Gasteiger partial charge in [0.1, 0.15) is 19.3 Å². The summed E-state index contributed by atoms with van der Waals surface area (Å²) in [6.07, 6.45) is 3.94. The molecule has 0 saturated carbocycles. The van der Waals surface area contributed by atoms with Crippen molar-refractivity contribution in [3.8, 4) is 22.9 Å². The maximum atomic E-state index is 11.0. The first-order chi connectivity index (χ1) is 14.9. The summed E-state index contributed by atoms with van der Waals surface area (Å²) in [6.45, 7) is 7.66. The van der Waals surface area contributed by atoms with Crippen molar-refractivity contribution in [3.05, 3.63) is 41.2 Å². The molecule has 31 heavy (non-hydrogen) atoms. The summed E-state index contributed by atoms with van der Waals surface area (Å²) in [5.74, 6) is 0.911. The lowest BCUT2D eigenvalue weighted by atomic mass is 9.92. The maximum Gasteiger partial charge on any atom is 0.250 e. The Kier molecular flexibility index (Phi) is 7.85. The van der Waals surface area contributed by atoms with Crippen LogP contribution in [-0.2, 0) is 4.79 Å². The standard InChI is InChI=1S/C20H18BClN4O2.C3H8/c1-12-8-14(9-18(22)23-12)19-24-25-20(28-19)16-3-2-15(21)10-17(16)26-6-4-13(11-27)5-7-26;1-3-2/h2-3,8-11,13H,4-7H2,1H3;3H2,1-2H3. The normalized spacial score (nSPS) is 14.1. The van der Waals surface area contributed by atoms with E-state index in [4.69, 9.17) is 23.9 Å². The maximum absolute atomic E-state index is 11.0. The molecule has 1 aliphatic heterocycles. The second kappa shape index (κ2) is 10.6. The Labute approximate surface area is 189 Å². The molecular weight excluding hydrogens is 411 g/mol. The third kappa shape index (κ3) is 5.73. The van der Waals surface area contributed by atoms with E-state index in [2.05, 4.69) is 33.9 Å². The first-order valence-electron chi connectivity index (χ1n) is 10.5. The molecule has 0 spiro atoms. The van der Waals surface area contributed by atoms with Gasteiger partial charge in [0, 0.05) is 36.0 Å².